The van der Waals surface area contributed by atoms with Crippen LogP contribution < -0.4 is 46.7 Å². The van der Waals surface area contributed by atoms with Crippen LogP contribution in [0.25, 0.3) is 83.4 Å². The minimum Gasteiger partial charge on any atom is -0.507 e. The Hall–Kier alpha value is -14.4. The number of benzene rings is 5. The third kappa shape index (κ3) is 15.2. The summed E-state index contributed by atoms with van der Waals surface area (Å²) in [5.41, 5.74) is -3.59. The Labute approximate surface area is 767 Å². The van der Waals surface area contributed by atoms with Crippen molar-refractivity contribution in [2.45, 2.75) is 111 Å². The number of carbonyl (C=O) groups is 4. The Balaban J connectivity index is 0.000000146. The Kier molecular flexibility index (Phi) is 24.7. The van der Waals surface area contributed by atoms with Gasteiger partial charge in [0, 0.05) is 95.2 Å². The lowest BCUT2D eigenvalue weighted by Crippen LogP contribution is -2.63. The SMILES string of the molecule is C=CC(=O)N1CC2C(=O)N(C)c3c(F)c(-c4c(O)ccc(F)c4F)nc4c3c(nc(=O)n4-c3c(C)ccnc3C(C)C)N2CC1C.C=CC(=O)N1CCN2c3nc(=O)n(-c4c(C)ccnc4C(C)C)c4c(Cl)c(-c5c(O)ccc(F)c5F)c(F)c(c34)NCC2C1.C=CC(=O)N1CCN2c3nc(=O)n(-c4c(C)ccnc4C(C)C)c4c(Cl)c(-c5c(O)ccc(F)c5F)c(F)c(c34)OCC2C1. The van der Waals surface area contributed by atoms with Gasteiger partial charge in [-0.25, -0.2) is 63.4 Å². The Morgan fingerprint density at radius 1 is 0.485 bits per heavy atom. The number of anilines is 5. The number of nitrogens with zero attached hydrogens (tertiary/aromatic N) is 17. The second-order valence-electron chi connectivity index (χ2n) is 33.9. The maximum Gasteiger partial charge on any atom is 0.355 e. The molecule has 3 saturated heterocycles. The Morgan fingerprint density at radius 2 is 0.903 bits per heavy atom. The molecule has 40 heteroatoms. The molecule has 4 atom stereocenters. The van der Waals surface area contributed by atoms with E-state index in [1.165, 1.54) is 33.2 Å². The lowest BCUT2D eigenvalue weighted by atomic mass is 9.98. The van der Waals surface area contributed by atoms with Gasteiger partial charge in [-0.15, -0.1) is 0 Å². The number of aromatic nitrogens is 10. The average Bonchev–Trinajstić information content (AvgIpc) is 1.16. The van der Waals surface area contributed by atoms with E-state index in [9.17, 15) is 62.1 Å². The van der Waals surface area contributed by atoms with Crippen molar-refractivity contribution < 1.29 is 78.7 Å². The highest BCUT2D eigenvalue weighted by molar-refractivity contribution is 6.40. The van der Waals surface area contributed by atoms with Crippen LogP contribution in [0.15, 0.2) is 126 Å². The molecule has 3 fully saturated rings. The summed E-state index contributed by atoms with van der Waals surface area (Å²) in [7, 11) is 1.29. The first-order chi connectivity index (χ1) is 63.7. The minimum atomic E-state index is -1.58. The quantitative estimate of drug-likeness (QED) is 0.0652. The zero-order valence-electron chi connectivity index (χ0n) is 73.8. The number of phenolic OH excluding ortho intramolecular Hbond substituents is 3. The third-order valence-corrected chi connectivity index (χ3v) is 25.6. The molecule has 0 bridgehead atoms. The monoisotopic (exact) mass is 1880 g/mol. The zero-order valence-corrected chi connectivity index (χ0v) is 75.3. The fourth-order valence-electron chi connectivity index (χ4n) is 18.4. The van der Waals surface area contributed by atoms with Crippen molar-refractivity contribution in [1.29, 1.82) is 0 Å². The number of carbonyl (C=O) groups excluding carboxylic acids is 4. The molecular formula is C94H85Cl2F9N18O11. The van der Waals surface area contributed by atoms with Crippen LogP contribution in [0.5, 0.6) is 23.0 Å². The summed E-state index contributed by atoms with van der Waals surface area (Å²) in [6.45, 7) is 30.2. The van der Waals surface area contributed by atoms with E-state index in [1.807, 2.05) is 46.4 Å². The minimum absolute atomic E-state index is 0.0214. The van der Waals surface area contributed by atoms with Gasteiger partial charge in [0.15, 0.2) is 63.8 Å². The first-order valence-corrected chi connectivity index (χ1v) is 43.2. The predicted octanol–water partition coefficient (Wildman–Crippen LogP) is 14.5. The zero-order chi connectivity index (χ0) is 96.6. The summed E-state index contributed by atoms with van der Waals surface area (Å²) in [5, 5.41) is 34.2. The maximum absolute atomic E-state index is 16.9. The Bertz CT molecular complexity index is 7010. The highest BCUT2D eigenvalue weighted by atomic mass is 35.5. The second kappa shape index (κ2) is 35.6. The molecule has 12 aromatic rings. The summed E-state index contributed by atoms with van der Waals surface area (Å²) < 4.78 is 149. The van der Waals surface area contributed by atoms with Gasteiger partial charge in [0.2, 0.25) is 17.7 Å². The van der Waals surface area contributed by atoms with Crippen LogP contribution in [-0.2, 0) is 19.2 Å². The normalized spacial score (nSPS) is 16.7. The number of likely N-dealkylation sites (N-methyl/N-ethyl adjacent to an activating group) is 1. The van der Waals surface area contributed by atoms with Crippen molar-refractivity contribution in [2.75, 3.05) is 97.5 Å². The largest absolute Gasteiger partial charge is 0.507 e. The highest BCUT2D eigenvalue weighted by Gasteiger charge is 2.48. The fraction of sp³-hybridized carbons (Fsp3) is 0.298. The Morgan fingerprint density at radius 3 is 1.38 bits per heavy atom. The predicted molar refractivity (Wildman–Crippen MR) is 486 cm³/mol. The number of rotatable bonds is 12. The molecule has 5 aromatic carbocycles. The van der Waals surface area contributed by atoms with E-state index in [4.69, 9.17) is 27.9 Å². The molecular weight excluding hydrogens is 1800 g/mol. The van der Waals surface area contributed by atoms with Gasteiger partial charge < -0.3 is 59.7 Å². The van der Waals surface area contributed by atoms with Crippen molar-refractivity contribution in [3.05, 3.63) is 239 Å². The van der Waals surface area contributed by atoms with Crippen molar-refractivity contribution in [3.8, 4) is 73.6 Å². The molecule has 7 aromatic heterocycles. The van der Waals surface area contributed by atoms with Gasteiger partial charge in [-0.3, -0.25) is 43.3 Å². The molecule has 0 aliphatic carbocycles. The first-order valence-electron chi connectivity index (χ1n) is 42.4. The smallest absolute Gasteiger partial charge is 0.355 e. The molecule has 4 unspecified atom stereocenters. The van der Waals surface area contributed by atoms with Crippen LogP contribution in [0, 0.1) is 73.1 Å². The molecule has 134 heavy (non-hydrogen) atoms. The number of amides is 4. The number of phenols is 3. The highest BCUT2D eigenvalue weighted by Crippen LogP contribution is 2.54. The van der Waals surface area contributed by atoms with E-state index in [0.29, 0.717) is 75.6 Å². The molecule has 13 heterocycles. The molecule has 4 N–H and O–H groups in total. The van der Waals surface area contributed by atoms with E-state index in [-0.39, 0.29) is 145 Å². The van der Waals surface area contributed by atoms with Crippen LogP contribution in [0.3, 0.4) is 0 Å². The van der Waals surface area contributed by atoms with E-state index >= 15 is 26.3 Å². The van der Waals surface area contributed by atoms with Crippen molar-refractivity contribution in [3.63, 3.8) is 0 Å². The van der Waals surface area contributed by atoms with E-state index in [0.717, 1.165) is 33.7 Å². The van der Waals surface area contributed by atoms with Crippen molar-refractivity contribution in [1.82, 2.24) is 63.3 Å². The molecule has 6 aliphatic rings. The number of aromatic hydroxyl groups is 3. The number of hydrogen-bond donors (Lipinski definition) is 4. The molecule has 4 amide bonds. The van der Waals surface area contributed by atoms with Gasteiger partial charge in [-0.1, -0.05) is 84.5 Å². The number of piperazine rings is 3. The number of pyridine rings is 4. The topological polar surface area (TPSA) is 329 Å². The molecule has 0 spiro atoms. The van der Waals surface area contributed by atoms with E-state index in [2.05, 4.69) is 59.9 Å². The molecule has 694 valence electrons. The molecule has 29 nitrogen and oxygen atoms in total. The number of fused-ring (bicyclic) bond motifs is 6. The van der Waals surface area contributed by atoms with Gasteiger partial charge >= 0.3 is 17.1 Å². The van der Waals surface area contributed by atoms with Gasteiger partial charge in [-0.05, 0) is 135 Å². The lowest BCUT2D eigenvalue weighted by molar-refractivity contribution is -0.131. The van der Waals surface area contributed by atoms with Crippen LogP contribution in [-0.4, -0.2) is 199 Å². The summed E-state index contributed by atoms with van der Waals surface area (Å²) in [6, 6.07) is 7.21. The summed E-state index contributed by atoms with van der Waals surface area (Å²) in [5.74, 6) is -17.0. The first kappa shape index (κ1) is 92.8. The molecule has 18 rings (SSSR count). The summed E-state index contributed by atoms with van der Waals surface area (Å²) >= 11 is 13.9. The van der Waals surface area contributed by atoms with E-state index in [1.54, 1.807) is 84.1 Å². The fourth-order valence-corrected chi connectivity index (χ4v) is 19.1. The summed E-state index contributed by atoms with van der Waals surface area (Å²) in [4.78, 5) is 136. The molecule has 6 aliphatic heterocycles. The standard InChI is InChI=1S/C32H30F3N7O4.C31H28ClF3N6O3.C31H27ClF3N5O4/c1-7-20(44)40-13-18-31(45)39(6)28-22-29(41(18)12-16(40)5)38-32(46)42(27-15(4)10-11-36-25(27)14(2)3)30(22)37-26(24(28)35)21-19(43)9-8-17(33)23(21)34;1-5-19(43)39-10-11-40-16(13-39)12-37-27-22-29(23(32)21(25(27)35)20-18(42)7-6-17(33)24(20)34)41(31(44)38-30(22)40)28-15(4)8-9-36-26(28)14(2)3;1-5-19(42)38-10-11-39-16(12-38)13-44-29-22-28(23(32)21(25(29)35)20-18(41)7-6-17(33)24(20)34)40(31(43)37-30(22)39)27-15(4)8-9-36-26(27)14(2)3/h7-11,14,16,18,43H,1,12-13H2,2-6H3;5-9,14,16,37,42H,1,10-13H2,2-4H3;5-9,14,16,41H,1,10-13H2,2-4H3. The lowest BCUT2D eigenvalue weighted by Gasteiger charge is -2.44. The molecule has 0 saturated carbocycles. The van der Waals surface area contributed by atoms with Crippen LogP contribution in [0.4, 0.5) is 68.3 Å². The number of ether oxygens (including phenoxy) is 1. The molecule has 0 radical (unpaired) electrons. The number of nitrogens with one attached hydrogen (secondary N) is 1. The van der Waals surface area contributed by atoms with Crippen LogP contribution in [0.1, 0.15) is 100.0 Å². The maximum atomic E-state index is 16.9. The van der Waals surface area contributed by atoms with Crippen LogP contribution >= 0.6 is 23.2 Å². The van der Waals surface area contributed by atoms with Crippen LogP contribution in [0.2, 0.25) is 10.0 Å². The second-order valence-corrected chi connectivity index (χ2v) is 34.7. The van der Waals surface area contributed by atoms with E-state index < -0.39 is 178 Å². The van der Waals surface area contributed by atoms with Gasteiger partial charge in [0.1, 0.15) is 53.0 Å². The van der Waals surface area contributed by atoms with Gasteiger partial charge in [0.25, 0.3) is 5.91 Å². The van der Waals surface area contributed by atoms with Gasteiger partial charge in [0.05, 0.1) is 118 Å². The number of hydrogen-bond acceptors (Lipinski definition) is 22. The average molecular weight is 1880 g/mol. The van der Waals surface area contributed by atoms with Crippen molar-refractivity contribution in [2.24, 2.45) is 0 Å². The number of aryl methyl sites for hydroxylation is 3. The summed E-state index contributed by atoms with van der Waals surface area (Å²) in [6.07, 6.45) is 8.29. The third-order valence-electron chi connectivity index (χ3n) is 24.8. The number of halogens is 11. The van der Waals surface area contributed by atoms with Crippen molar-refractivity contribution >= 4 is 108 Å². The van der Waals surface area contributed by atoms with Gasteiger partial charge in [-0.2, -0.15) is 15.0 Å².